The molecule has 0 saturated carbocycles. The number of fused-ring (bicyclic) bond motifs is 1. The van der Waals surface area contributed by atoms with Crippen LogP contribution >= 0.6 is 0 Å². The van der Waals surface area contributed by atoms with E-state index in [1.807, 2.05) is 6.07 Å². The molecule has 9 nitrogen and oxygen atoms in total. The first kappa shape index (κ1) is 25.8. The number of aromatic nitrogens is 2. The van der Waals surface area contributed by atoms with Crippen LogP contribution in [0, 0.1) is 23.5 Å². The molecule has 0 N–H and O–H groups in total. The van der Waals surface area contributed by atoms with E-state index in [2.05, 4.69) is 21.8 Å². The number of hydrogen-bond acceptors (Lipinski definition) is 6. The minimum absolute atomic E-state index is 0.0158. The van der Waals surface area contributed by atoms with E-state index in [0.29, 0.717) is 22.8 Å². The van der Waals surface area contributed by atoms with E-state index in [0.717, 1.165) is 12.1 Å². The molecule has 3 heterocycles. The Bertz CT molecular complexity index is 1500. The highest BCUT2D eigenvalue weighted by molar-refractivity contribution is 6.20. The number of carbonyl (C=O) groups is 3. The molecule has 3 aromatic rings. The van der Waals surface area contributed by atoms with Crippen LogP contribution < -0.4 is 14.5 Å². The van der Waals surface area contributed by atoms with Crippen LogP contribution in [0.2, 0.25) is 0 Å². The van der Waals surface area contributed by atoms with Gasteiger partial charge in [-0.15, -0.1) is 0 Å². The van der Waals surface area contributed by atoms with Crippen molar-refractivity contribution in [3.63, 3.8) is 0 Å². The molecule has 2 aliphatic heterocycles. The predicted molar refractivity (Wildman–Crippen MR) is 137 cm³/mol. The average molecular weight is 532 g/mol. The number of imide groups is 1. The van der Waals surface area contributed by atoms with Crippen LogP contribution in [0.15, 0.2) is 54.9 Å². The van der Waals surface area contributed by atoms with Gasteiger partial charge in [-0.25, -0.2) is 28.4 Å². The van der Waals surface area contributed by atoms with Gasteiger partial charge in [0.2, 0.25) is 5.91 Å². The number of anilines is 2. The van der Waals surface area contributed by atoms with Crippen molar-refractivity contribution in [2.75, 3.05) is 29.5 Å². The number of nitrogens with zero attached hydrogens (tertiary/aromatic N) is 5. The fourth-order valence-electron chi connectivity index (χ4n) is 4.67. The van der Waals surface area contributed by atoms with Gasteiger partial charge < -0.3 is 14.5 Å². The van der Waals surface area contributed by atoms with Crippen LogP contribution in [-0.4, -0.2) is 57.9 Å². The van der Waals surface area contributed by atoms with E-state index in [1.165, 1.54) is 29.1 Å². The number of benzene rings is 2. The van der Waals surface area contributed by atoms with Crippen molar-refractivity contribution in [2.24, 2.45) is 0 Å². The molecule has 1 unspecified atom stereocenters. The van der Waals surface area contributed by atoms with E-state index in [9.17, 15) is 14.4 Å². The zero-order valence-electron chi connectivity index (χ0n) is 21.1. The zero-order valence-corrected chi connectivity index (χ0v) is 21.1. The summed E-state index contributed by atoms with van der Waals surface area (Å²) in [5.74, 6) is 1.82. The van der Waals surface area contributed by atoms with Crippen LogP contribution in [0.4, 0.5) is 25.0 Å². The van der Waals surface area contributed by atoms with Crippen LogP contribution in [0.1, 0.15) is 31.4 Å². The lowest BCUT2D eigenvalue weighted by Crippen LogP contribution is -2.73. The first-order valence-corrected chi connectivity index (χ1v) is 12.2. The number of rotatable bonds is 4. The van der Waals surface area contributed by atoms with Gasteiger partial charge in [0, 0.05) is 24.2 Å². The molecular weight excluding hydrogens is 508 g/mol. The first-order valence-electron chi connectivity index (χ1n) is 12.2. The van der Waals surface area contributed by atoms with Crippen molar-refractivity contribution in [1.82, 2.24) is 14.9 Å². The molecule has 2 fully saturated rings. The summed E-state index contributed by atoms with van der Waals surface area (Å²) in [7, 11) is 0. The van der Waals surface area contributed by atoms with Gasteiger partial charge in [0.1, 0.15) is 11.2 Å². The third-order valence-electron chi connectivity index (χ3n) is 6.58. The second-order valence-corrected chi connectivity index (χ2v) is 9.13. The standard InChI is InChI=1S/C28H23F2N5O4/c1-3-39-26-31-16-20(17-32-26)33-11-12-34-27(38)35(23(36)15-28(34,2)25(33)37)24-21(29)13-19(14-22(24)30)10-9-18-7-5-4-6-8-18/h4-8,13-14,16-17H,3,11-12,15H2,1-2H3. The maximum Gasteiger partial charge on any atom is 0.332 e. The molecule has 11 heteroatoms. The molecule has 0 spiro atoms. The van der Waals surface area contributed by atoms with Gasteiger partial charge in [-0.1, -0.05) is 30.0 Å². The summed E-state index contributed by atoms with van der Waals surface area (Å²) in [6, 6.07) is 10.00. The van der Waals surface area contributed by atoms with Gasteiger partial charge in [0.05, 0.1) is 31.1 Å². The van der Waals surface area contributed by atoms with Crippen LogP contribution in [0.5, 0.6) is 6.01 Å². The Morgan fingerprint density at radius 3 is 2.26 bits per heavy atom. The topological polar surface area (TPSA) is 95.9 Å². The Morgan fingerprint density at radius 1 is 0.974 bits per heavy atom. The molecule has 5 rings (SSSR count). The van der Waals surface area contributed by atoms with Gasteiger partial charge in [-0.2, -0.15) is 0 Å². The quantitative estimate of drug-likeness (QED) is 0.478. The van der Waals surface area contributed by atoms with Crippen LogP contribution in [-0.2, 0) is 9.59 Å². The summed E-state index contributed by atoms with van der Waals surface area (Å²) < 4.78 is 35.6. The third kappa shape index (κ3) is 4.65. The van der Waals surface area contributed by atoms with Crippen molar-refractivity contribution in [1.29, 1.82) is 0 Å². The van der Waals surface area contributed by atoms with Gasteiger partial charge in [0.15, 0.2) is 11.6 Å². The second-order valence-electron chi connectivity index (χ2n) is 9.13. The summed E-state index contributed by atoms with van der Waals surface area (Å²) in [6.07, 6.45) is 2.36. The molecule has 2 saturated heterocycles. The molecular formula is C28H23F2N5O4. The summed E-state index contributed by atoms with van der Waals surface area (Å²) >= 11 is 0. The second kappa shape index (κ2) is 10.1. The summed E-state index contributed by atoms with van der Waals surface area (Å²) in [5, 5.41) is 0. The largest absolute Gasteiger partial charge is 0.464 e. The number of hydrogen-bond donors (Lipinski definition) is 0. The molecule has 2 aromatic carbocycles. The average Bonchev–Trinajstić information content (AvgIpc) is 2.91. The maximum absolute atomic E-state index is 15.2. The Kier molecular flexibility index (Phi) is 6.70. The first-order chi connectivity index (χ1) is 18.7. The fourth-order valence-corrected chi connectivity index (χ4v) is 4.67. The van der Waals surface area contributed by atoms with Gasteiger partial charge in [-0.3, -0.25) is 9.59 Å². The van der Waals surface area contributed by atoms with Crippen LogP contribution in [0.25, 0.3) is 0 Å². The van der Waals surface area contributed by atoms with Crippen molar-refractivity contribution in [2.45, 2.75) is 25.8 Å². The van der Waals surface area contributed by atoms with E-state index in [4.69, 9.17) is 4.74 Å². The van der Waals surface area contributed by atoms with E-state index in [-0.39, 0.29) is 24.7 Å². The van der Waals surface area contributed by atoms with Crippen molar-refractivity contribution >= 4 is 29.2 Å². The lowest BCUT2D eigenvalue weighted by Gasteiger charge is -2.51. The number of amides is 4. The van der Waals surface area contributed by atoms with Gasteiger partial charge >= 0.3 is 12.0 Å². The van der Waals surface area contributed by atoms with Crippen molar-refractivity contribution < 1.29 is 27.9 Å². The highest BCUT2D eigenvalue weighted by Crippen LogP contribution is 2.38. The molecule has 1 aromatic heterocycles. The SMILES string of the molecule is CCOc1ncc(N2CCN3C(=O)N(c4c(F)cc(C#Cc5ccccc5)cc4F)C(=O)CC3(C)C2=O)cn1. The highest BCUT2D eigenvalue weighted by Gasteiger charge is 2.56. The predicted octanol–water partition coefficient (Wildman–Crippen LogP) is 3.52. The smallest absolute Gasteiger partial charge is 0.332 e. The number of carbonyl (C=O) groups excluding carboxylic acids is 3. The fraction of sp³-hybridized carbons (Fsp3) is 0.250. The summed E-state index contributed by atoms with van der Waals surface area (Å²) in [5.41, 5.74) is -1.29. The summed E-state index contributed by atoms with van der Waals surface area (Å²) in [6.45, 7) is 3.70. The Hall–Kier alpha value is -4.85. The molecule has 0 bridgehead atoms. The van der Waals surface area contributed by atoms with E-state index >= 15 is 8.78 Å². The minimum Gasteiger partial charge on any atom is -0.464 e. The van der Waals surface area contributed by atoms with E-state index < -0.39 is 47.1 Å². The molecule has 39 heavy (non-hydrogen) atoms. The Morgan fingerprint density at radius 2 is 1.62 bits per heavy atom. The molecule has 0 radical (unpaired) electrons. The molecule has 0 aliphatic carbocycles. The molecule has 2 aliphatic rings. The Balaban J connectivity index is 1.41. The minimum atomic E-state index is -1.56. The summed E-state index contributed by atoms with van der Waals surface area (Å²) in [4.78, 5) is 51.3. The van der Waals surface area contributed by atoms with E-state index in [1.54, 1.807) is 31.2 Å². The number of halogens is 2. The van der Waals surface area contributed by atoms with Gasteiger partial charge in [-0.05, 0) is 38.1 Å². The third-order valence-corrected chi connectivity index (χ3v) is 6.58. The highest BCUT2D eigenvalue weighted by atomic mass is 19.1. The monoisotopic (exact) mass is 531 g/mol. The van der Waals surface area contributed by atoms with Gasteiger partial charge in [0.25, 0.3) is 5.91 Å². The maximum atomic E-state index is 15.2. The van der Waals surface area contributed by atoms with Crippen molar-refractivity contribution in [3.05, 3.63) is 77.6 Å². The lowest BCUT2D eigenvalue weighted by molar-refractivity contribution is -0.137. The molecule has 198 valence electrons. The van der Waals surface area contributed by atoms with Crippen LogP contribution in [0.3, 0.4) is 0 Å². The normalized spacial score (nSPS) is 19.0. The zero-order chi connectivity index (χ0) is 27.7. The lowest BCUT2D eigenvalue weighted by atomic mass is 9.88. The molecule has 1 atom stereocenters. The molecule has 4 amide bonds. The van der Waals surface area contributed by atoms with Crippen molar-refractivity contribution in [3.8, 4) is 17.9 Å². The number of ether oxygens (including phenoxy) is 1. The number of urea groups is 1. The Labute approximate surface area is 223 Å². The number of piperazine rings is 1.